The van der Waals surface area contributed by atoms with Gasteiger partial charge in [0.1, 0.15) is 0 Å². The Morgan fingerprint density at radius 2 is 2.00 bits per heavy atom. The lowest BCUT2D eigenvalue weighted by Gasteiger charge is -2.28. The van der Waals surface area contributed by atoms with Crippen molar-refractivity contribution in [3.63, 3.8) is 0 Å². The minimum atomic E-state index is 0.271. The average Bonchev–Trinajstić information content (AvgIpc) is 2.41. The zero-order valence-electron chi connectivity index (χ0n) is 8.79. The van der Waals surface area contributed by atoms with Gasteiger partial charge < -0.3 is 4.90 Å². The van der Waals surface area contributed by atoms with Crippen LogP contribution in [0.1, 0.15) is 39.0 Å². The maximum absolute atomic E-state index is 9.05. The summed E-state index contributed by atoms with van der Waals surface area (Å²) in [6.45, 7) is 3.22. The van der Waals surface area contributed by atoms with Gasteiger partial charge in [0.15, 0.2) is 0 Å². The molecule has 0 saturated heterocycles. The number of nitrogens with zero attached hydrogens (tertiary/aromatic N) is 2. The third-order valence-electron chi connectivity index (χ3n) is 3.21. The summed E-state index contributed by atoms with van der Waals surface area (Å²) in [6.07, 6.45) is 6.17. The molecule has 0 radical (unpaired) electrons. The fourth-order valence-corrected chi connectivity index (χ4v) is 2.20. The Kier molecular flexibility index (Phi) is 4.24. The number of rotatable bonds is 2. The molecule has 2 unspecified atom stereocenters. The molecule has 1 aliphatic rings. The summed E-state index contributed by atoms with van der Waals surface area (Å²) in [5.74, 6) is 0.271. The third-order valence-corrected chi connectivity index (χ3v) is 3.21. The second kappa shape index (κ2) is 5.24. The highest BCUT2D eigenvalue weighted by Gasteiger charge is 2.25. The molecule has 0 aliphatic heterocycles. The van der Waals surface area contributed by atoms with Gasteiger partial charge in [-0.15, -0.1) is 0 Å². The molecule has 0 aromatic heterocycles. The number of hydrogen-bond donors (Lipinski definition) is 0. The first-order valence-electron chi connectivity index (χ1n) is 5.39. The first-order chi connectivity index (χ1) is 6.29. The van der Waals surface area contributed by atoms with E-state index in [4.69, 9.17) is 5.26 Å². The van der Waals surface area contributed by atoms with E-state index >= 15 is 0 Å². The topological polar surface area (TPSA) is 27.0 Å². The molecule has 13 heavy (non-hydrogen) atoms. The van der Waals surface area contributed by atoms with Crippen LogP contribution in [0.4, 0.5) is 0 Å². The Bertz CT molecular complexity index is 183. The minimum Gasteiger partial charge on any atom is -0.302 e. The Balaban J connectivity index is 2.60. The standard InChI is InChI=1S/C11H20N2/c1-3-13(2)11-8-6-4-5-7-10(11)9-12/h10-11H,3-8H2,1-2H3. The first kappa shape index (κ1) is 10.5. The molecular formula is C11H20N2. The van der Waals surface area contributed by atoms with Crippen molar-refractivity contribution in [3.8, 4) is 6.07 Å². The normalized spacial score (nSPS) is 29.7. The third kappa shape index (κ3) is 2.70. The van der Waals surface area contributed by atoms with E-state index in [1.165, 1.54) is 25.7 Å². The van der Waals surface area contributed by atoms with Crippen LogP contribution in [0.15, 0.2) is 0 Å². The molecule has 2 atom stereocenters. The van der Waals surface area contributed by atoms with E-state index in [0.717, 1.165) is 13.0 Å². The summed E-state index contributed by atoms with van der Waals surface area (Å²) in [6, 6.07) is 2.98. The van der Waals surface area contributed by atoms with Gasteiger partial charge in [0.25, 0.3) is 0 Å². The Morgan fingerprint density at radius 1 is 1.31 bits per heavy atom. The molecule has 0 amide bonds. The minimum absolute atomic E-state index is 0.271. The smallest absolute Gasteiger partial charge is 0.0672 e. The zero-order valence-corrected chi connectivity index (χ0v) is 8.79. The molecule has 0 aromatic carbocycles. The lowest BCUT2D eigenvalue weighted by atomic mass is 9.95. The fraction of sp³-hybridized carbons (Fsp3) is 0.909. The Hall–Kier alpha value is -0.550. The first-order valence-corrected chi connectivity index (χ1v) is 5.39. The van der Waals surface area contributed by atoms with Gasteiger partial charge >= 0.3 is 0 Å². The molecule has 74 valence electrons. The van der Waals surface area contributed by atoms with E-state index in [2.05, 4.69) is 24.9 Å². The van der Waals surface area contributed by atoms with E-state index in [0.29, 0.717) is 6.04 Å². The highest BCUT2D eigenvalue weighted by atomic mass is 15.1. The van der Waals surface area contributed by atoms with Crippen molar-refractivity contribution in [3.05, 3.63) is 0 Å². The zero-order chi connectivity index (χ0) is 9.68. The highest BCUT2D eigenvalue weighted by Crippen LogP contribution is 2.26. The van der Waals surface area contributed by atoms with Gasteiger partial charge in [-0.05, 0) is 26.4 Å². The van der Waals surface area contributed by atoms with Crippen molar-refractivity contribution in [1.82, 2.24) is 4.90 Å². The second-order valence-corrected chi connectivity index (χ2v) is 4.01. The molecule has 1 rings (SSSR count). The maximum atomic E-state index is 9.05. The van der Waals surface area contributed by atoms with E-state index in [-0.39, 0.29) is 5.92 Å². The summed E-state index contributed by atoms with van der Waals surface area (Å²) in [4.78, 5) is 2.33. The average molecular weight is 180 g/mol. The van der Waals surface area contributed by atoms with Crippen molar-refractivity contribution < 1.29 is 0 Å². The maximum Gasteiger partial charge on any atom is 0.0672 e. The van der Waals surface area contributed by atoms with Crippen LogP contribution < -0.4 is 0 Å². The van der Waals surface area contributed by atoms with Crippen LogP contribution >= 0.6 is 0 Å². The quantitative estimate of drug-likeness (QED) is 0.610. The van der Waals surface area contributed by atoms with Crippen LogP contribution in [-0.2, 0) is 0 Å². The fourth-order valence-electron chi connectivity index (χ4n) is 2.20. The SMILES string of the molecule is CCN(C)C1CCCCCC1C#N. The van der Waals surface area contributed by atoms with E-state index in [1.54, 1.807) is 0 Å². The van der Waals surface area contributed by atoms with Crippen molar-refractivity contribution >= 4 is 0 Å². The molecule has 1 saturated carbocycles. The molecule has 2 heteroatoms. The van der Waals surface area contributed by atoms with Gasteiger partial charge in [0, 0.05) is 6.04 Å². The predicted octanol–water partition coefficient (Wildman–Crippen LogP) is 2.41. The van der Waals surface area contributed by atoms with E-state index in [1.807, 2.05) is 0 Å². The van der Waals surface area contributed by atoms with Crippen LogP contribution in [-0.4, -0.2) is 24.5 Å². The predicted molar refractivity (Wildman–Crippen MR) is 54.3 cm³/mol. The van der Waals surface area contributed by atoms with Crippen LogP contribution in [0, 0.1) is 17.2 Å². The summed E-state index contributed by atoms with van der Waals surface area (Å²) < 4.78 is 0. The molecule has 0 spiro atoms. The molecule has 0 N–H and O–H groups in total. The summed E-state index contributed by atoms with van der Waals surface area (Å²) in [5, 5.41) is 9.05. The lowest BCUT2D eigenvalue weighted by molar-refractivity contribution is 0.200. The molecule has 0 heterocycles. The summed E-state index contributed by atoms with van der Waals surface area (Å²) >= 11 is 0. The molecule has 1 aliphatic carbocycles. The van der Waals surface area contributed by atoms with Gasteiger partial charge in [0.05, 0.1) is 12.0 Å². The Labute approximate surface area is 81.5 Å². The molecule has 0 bridgehead atoms. The Morgan fingerprint density at radius 3 is 2.62 bits per heavy atom. The van der Waals surface area contributed by atoms with E-state index in [9.17, 15) is 0 Å². The number of hydrogen-bond acceptors (Lipinski definition) is 2. The lowest BCUT2D eigenvalue weighted by Crippen LogP contribution is -2.36. The highest BCUT2D eigenvalue weighted by molar-refractivity contribution is 4.93. The largest absolute Gasteiger partial charge is 0.302 e. The van der Waals surface area contributed by atoms with Crippen molar-refractivity contribution in [2.45, 2.75) is 45.1 Å². The molecule has 2 nitrogen and oxygen atoms in total. The van der Waals surface area contributed by atoms with Crippen molar-refractivity contribution in [2.24, 2.45) is 5.92 Å². The van der Waals surface area contributed by atoms with Crippen LogP contribution in [0.2, 0.25) is 0 Å². The van der Waals surface area contributed by atoms with Gasteiger partial charge in [0.2, 0.25) is 0 Å². The second-order valence-electron chi connectivity index (χ2n) is 4.01. The molecule has 0 aromatic rings. The summed E-state index contributed by atoms with van der Waals surface area (Å²) in [5.41, 5.74) is 0. The van der Waals surface area contributed by atoms with Gasteiger partial charge in [-0.25, -0.2) is 0 Å². The monoisotopic (exact) mass is 180 g/mol. The van der Waals surface area contributed by atoms with Crippen molar-refractivity contribution in [2.75, 3.05) is 13.6 Å². The van der Waals surface area contributed by atoms with Crippen LogP contribution in [0.25, 0.3) is 0 Å². The van der Waals surface area contributed by atoms with Crippen LogP contribution in [0.5, 0.6) is 0 Å². The van der Waals surface area contributed by atoms with Crippen LogP contribution in [0.3, 0.4) is 0 Å². The number of nitriles is 1. The van der Waals surface area contributed by atoms with E-state index < -0.39 is 0 Å². The molecule has 1 fully saturated rings. The van der Waals surface area contributed by atoms with Crippen molar-refractivity contribution in [1.29, 1.82) is 5.26 Å². The van der Waals surface area contributed by atoms with Gasteiger partial charge in [-0.2, -0.15) is 5.26 Å². The summed E-state index contributed by atoms with van der Waals surface area (Å²) in [7, 11) is 2.14. The molecular weight excluding hydrogens is 160 g/mol. The van der Waals surface area contributed by atoms with Gasteiger partial charge in [-0.1, -0.05) is 26.2 Å². The van der Waals surface area contributed by atoms with Gasteiger partial charge in [-0.3, -0.25) is 0 Å².